The van der Waals surface area contributed by atoms with Gasteiger partial charge in [0.05, 0.1) is 10.2 Å². The molecule has 0 unspecified atom stereocenters. The maximum absolute atomic E-state index is 13.7. The molecule has 0 spiro atoms. The van der Waals surface area contributed by atoms with Crippen LogP contribution in [-0.4, -0.2) is 26.1 Å². The Morgan fingerprint density at radius 1 is 1.39 bits per heavy atom. The second kappa shape index (κ2) is 4.45. The Bertz CT molecular complexity index is 642. The third-order valence-electron chi connectivity index (χ3n) is 2.26. The van der Waals surface area contributed by atoms with Crippen LogP contribution in [0.2, 0.25) is 0 Å². The first-order valence-corrected chi connectivity index (χ1v) is 5.51. The van der Waals surface area contributed by atoms with Crippen molar-refractivity contribution in [1.29, 1.82) is 0 Å². The molecule has 0 saturated heterocycles. The molecule has 0 amide bonds. The minimum atomic E-state index is -1.32. The van der Waals surface area contributed by atoms with E-state index in [-0.39, 0.29) is 21.5 Å². The zero-order valence-electron chi connectivity index (χ0n) is 8.99. The van der Waals surface area contributed by atoms with E-state index in [0.29, 0.717) is 0 Å². The Balaban J connectivity index is 2.70. The SMILES string of the molecule is Cc1nnn(-c2cc(F)c(Br)cc2F)c1C(=O)O. The van der Waals surface area contributed by atoms with E-state index in [4.69, 9.17) is 5.11 Å². The highest BCUT2D eigenvalue weighted by molar-refractivity contribution is 9.10. The van der Waals surface area contributed by atoms with Crippen LogP contribution in [0.25, 0.3) is 5.69 Å². The highest BCUT2D eigenvalue weighted by Gasteiger charge is 2.21. The van der Waals surface area contributed by atoms with Gasteiger partial charge in [-0.2, -0.15) is 0 Å². The van der Waals surface area contributed by atoms with Crippen molar-refractivity contribution in [1.82, 2.24) is 15.0 Å². The second-order valence-electron chi connectivity index (χ2n) is 3.46. The zero-order valence-corrected chi connectivity index (χ0v) is 10.6. The first kappa shape index (κ1) is 12.6. The molecule has 2 rings (SSSR count). The lowest BCUT2D eigenvalue weighted by molar-refractivity contribution is 0.0686. The third-order valence-corrected chi connectivity index (χ3v) is 2.87. The maximum Gasteiger partial charge on any atom is 0.356 e. The van der Waals surface area contributed by atoms with Crippen LogP contribution < -0.4 is 0 Å². The molecular formula is C10H6BrF2N3O2. The molecule has 0 fully saturated rings. The Labute approximate surface area is 108 Å². The van der Waals surface area contributed by atoms with Crippen LogP contribution in [0, 0.1) is 18.6 Å². The molecule has 1 N–H and O–H groups in total. The molecule has 0 bridgehead atoms. The fourth-order valence-corrected chi connectivity index (χ4v) is 1.76. The van der Waals surface area contributed by atoms with E-state index in [2.05, 4.69) is 26.2 Å². The number of halogens is 3. The predicted octanol–water partition coefficient (Wildman–Crippen LogP) is 2.31. The number of nitrogens with zero attached hydrogens (tertiary/aromatic N) is 3. The number of carboxylic acid groups (broad SMARTS) is 1. The average molecular weight is 318 g/mol. The van der Waals surface area contributed by atoms with Crippen LogP contribution in [0.15, 0.2) is 16.6 Å². The van der Waals surface area contributed by atoms with E-state index < -0.39 is 17.6 Å². The van der Waals surface area contributed by atoms with Crippen LogP contribution in [0.5, 0.6) is 0 Å². The van der Waals surface area contributed by atoms with Gasteiger partial charge >= 0.3 is 5.97 Å². The molecule has 0 radical (unpaired) electrons. The molecule has 1 heterocycles. The molecule has 1 aromatic carbocycles. The number of hydrogen-bond donors (Lipinski definition) is 1. The molecule has 0 saturated carbocycles. The molecule has 1 aromatic heterocycles. The normalized spacial score (nSPS) is 10.7. The van der Waals surface area contributed by atoms with Crippen molar-refractivity contribution in [2.45, 2.75) is 6.92 Å². The van der Waals surface area contributed by atoms with Crippen LogP contribution in [0.3, 0.4) is 0 Å². The fraction of sp³-hybridized carbons (Fsp3) is 0.100. The van der Waals surface area contributed by atoms with Gasteiger partial charge in [0, 0.05) is 6.07 Å². The Morgan fingerprint density at radius 2 is 2.06 bits per heavy atom. The monoisotopic (exact) mass is 317 g/mol. The van der Waals surface area contributed by atoms with Crippen molar-refractivity contribution in [2.24, 2.45) is 0 Å². The zero-order chi connectivity index (χ0) is 13.4. The first-order chi connectivity index (χ1) is 8.41. The van der Waals surface area contributed by atoms with Crippen molar-refractivity contribution in [2.75, 3.05) is 0 Å². The summed E-state index contributed by atoms with van der Waals surface area (Å²) in [6.45, 7) is 1.42. The summed E-state index contributed by atoms with van der Waals surface area (Å²) in [5, 5.41) is 16.0. The van der Waals surface area contributed by atoms with Gasteiger partial charge in [0.15, 0.2) is 5.69 Å². The number of hydrogen-bond acceptors (Lipinski definition) is 3. The van der Waals surface area contributed by atoms with Gasteiger partial charge in [-0.3, -0.25) is 0 Å². The average Bonchev–Trinajstić information content (AvgIpc) is 2.65. The number of aryl methyl sites for hydroxylation is 1. The highest BCUT2D eigenvalue weighted by atomic mass is 79.9. The fourth-order valence-electron chi connectivity index (χ4n) is 1.45. The van der Waals surface area contributed by atoms with E-state index in [9.17, 15) is 13.6 Å². The lowest BCUT2D eigenvalue weighted by Gasteiger charge is -2.06. The molecule has 0 atom stereocenters. The third kappa shape index (κ3) is 1.99. The van der Waals surface area contributed by atoms with Gasteiger partial charge in [0.2, 0.25) is 0 Å². The molecule has 8 heteroatoms. The van der Waals surface area contributed by atoms with Gasteiger partial charge in [0.25, 0.3) is 0 Å². The number of aromatic carboxylic acids is 1. The molecule has 5 nitrogen and oxygen atoms in total. The van der Waals surface area contributed by atoms with Gasteiger partial charge in [-0.05, 0) is 28.9 Å². The number of carboxylic acids is 1. The number of rotatable bonds is 2. The lowest BCUT2D eigenvalue weighted by atomic mass is 10.2. The van der Waals surface area contributed by atoms with Crippen LogP contribution in [0.1, 0.15) is 16.2 Å². The Hall–Kier alpha value is -1.83. The van der Waals surface area contributed by atoms with Gasteiger partial charge in [-0.1, -0.05) is 5.21 Å². The van der Waals surface area contributed by atoms with Crippen LogP contribution in [0.4, 0.5) is 8.78 Å². The summed E-state index contributed by atoms with van der Waals surface area (Å²) in [4.78, 5) is 11.0. The van der Waals surface area contributed by atoms with Gasteiger partial charge in [-0.25, -0.2) is 18.3 Å². The molecule has 94 valence electrons. The number of benzene rings is 1. The van der Waals surface area contributed by atoms with Gasteiger partial charge in [-0.15, -0.1) is 5.10 Å². The van der Waals surface area contributed by atoms with E-state index >= 15 is 0 Å². The highest BCUT2D eigenvalue weighted by Crippen LogP contribution is 2.23. The standard InChI is InChI=1S/C10H6BrF2N3O2/c1-4-9(10(17)18)16(15-14-4)8-3-6(12)5(11)2-7(8)13/h2-3H,1H3,(H,17,18). The lowest BCUT2D eigenvalue weighted by Crippen LogP contribution is -2.11. The van der Waals surface area contributed by atoms with Gasteiger partial charge in [0.1, 0.15) is 17.3 Å². The van der Waals surface area contributed by atoms with E-state index in [1.165, 1.54) is 6.92 Å². The summed E-state index contributed by atoms with van der Waals surface area (Å²) in [6.07, 6.45) is 0. The molecule has 18 heavy (non-hydrogen) atoms. The van der Waals surface area contributed by atoms with E-state index in [1.807, 2.05) is 0 Å². The number of carbonyl (C=O) groups is 1. The smallest absolute Gasteiger partial charge is 0.356 e. The Kier molecular flexibility index (Phi) is 3.12. The molecule has 2 aromatic rings. The molecular weight excluding hydrogens is 312 g/mol. The summed E-state index contributed by atoms with van der Waals surface area (Å²) >= 11 is 2.83. The van der Waals surface area contributed by atoms with Crippen LogP contribution >= 0.6 is 15.9 Å². The molecule has 0 aliphatic rings. The quantitative estimate of drug-likeness (QED) is 0.863. The van der Waals surface area contributed by atoms with Crippen molar-refractivity contribution >= 4 is 21.9 Å². The summed E-state index contributed by atoms with van der Waals surface area (Å²) in [7, 11) is 0. The second-order valence-corrected chi connectivity index (χ2v) is 4.31. The number of aromatic nitrogens is 3. The van der Waals surface area contributed by atoms with Crippen molar-refractivity contribution in [3.63, 3.8) is 0 Å². The Morgan fingerprint density at radius 3 is 2.67 bits per heavy atom. The summed E-state index contributed by atoms with van der Waals surface area (Å²) in [5.74, 6) is -2.85. The topological polar surface area (TPSA) is 68.0 Å². The minimum Gasteiger partial charge on any atom is -0.476 e. The van der Waals surface area contributed by atoms with Crippen LogP contribution in [-0.2, 0) is 0 Å². The summed E-state index contributed by atoms with van der Waals surface area (Å²) in [5.41, 5.74) is -0.505. The summed E-state index contributed by atoms with van der Waals surface area (Å²) < 4.78 is 27.7. The first-order valence-electron chi connectivity index (χ1n) is 4.72. The maximum atomic E-state index is 13.7. The van der Waals surface area contributed by atoms with Crippen molar-refractivity contribution < 1.29 is 18.7 Å². The minimum absolute atomic E-state index is 0.0579. The van der Waals surface area contributed by atoms with Gasteiger partial charge < -0.3 is 5.11 Å². The largest absolute Gasteiger partial charge is 0.476 e. The summed E-state index contributed by atoms with van der Waals surface area (Å²) in [6, 6.07) is 1.74. The predicted molar refractivity (Wildman–Crippen MR) is 60.7 cm³/mol. The van der Waals surface area contributed by atoms with Crippen molar-refractivity contribution in [3.8, 4) is 5.69 Å². The van der Waals surface area contributed by atoms with Crippen molar-refractivity contribution in [3.05, 3.63) is 39.6 Å². The molecule has 0 aliphatic heterocycles. The van der Waals surface area contributed by atoms with E-state index in [0.717, 1.165) is 16.8 Å². The molecule has 0 aliphatic carbocycles. The van der Waals surface area contributed by atoms with E-state index in [1.54, 1.807) is 0 Å².